The smallest absolute Gasteiger partial charge is 0.208 e. The highest BCUT2D eigenvalue weighted by atomic mass is 16.4. The molecule has 3 heteroatoms. The Kier molecular flexibility index (Phi) is 4.21. The summed E-state index contributed by atoms with van der Waals surface area (Å²) >= 11 is 0. The Morgan fingerprint density at radius 1 is 1.21 bits per heavy atom. The molecule has 1 aromatic rings. The highest BCUT2D eigenvalue weighted by molar-refractivity contribution is 4.94. The standard InChI is InChI=1S/C16H26N2O/c1-2-15-10-18-16(19-15)11-17-14-8-7-12-5-3-4-6-13(12)9-14/h10,12-14,17H,2-9,11H2,1H3. The molecule has 1 heterocycles. The molecule has 3 rings (SSSR count). The van der Waals surface area contributed by atoms with Gasteiger partial charge in [0, 0.05) is 12.5 Å². The van der Waals surface area contributed by atoms with Crippen LogP contribution in [0.15, 0.2) is 10.6 Å². The van der Waals surface area contributed by atoms with Gasteiger partial charge in [-0.3, -0.25) is 0 Å². The molecular weight excluding hydrogens is 236 g/mol. The van der Waals surface area contributed by atoms with E-state index in [1.165, 1.54) is 44.9 Å². The first-order chi connectivity index (χ1) is 9.35. The summed E-state index contributed by atoms with van der Waals surface area (Å²) in [5.41, 5.74) is 0. The van der Waals surface area contributed by atoms with E-state index in [1.54, 1.807) is 0 Å². The quantitative estimate of drug-likeness (QED) is 0.899. The maximum absolute atomic E-state index is 5.66. The van der Waals surface area contributed by atoms with Crippen LogP contribution >= 0.6 is 0 Å². The minimum Gasteiger partial charge on any atom is -0.444 e. The maximum Gasteiger partial charge on any atom is 0.208 e. The molecule has 1 N–H and O–H groups in total. The number of fused-ring (bicyclic) bond motifs is 1. The molecule has 0 aliphatic heterocycles. The van der Waals surface area contributed by atoms with Gasteiger partial charge in [-0.05, 0) is 31.1 Å². The number of aromatic nitrogens is 1. The van der Waals surface area contributed by atoms with Crippen LogP contribution in [0.1, 0.15) is 63.5 Å². The maximum atomic E-state index is 5.66. The summed E-state index contributed by atoms with van der Waals surface area (Å²) in [5, 5.41) is 3.65. The van der Waals surface area contributed by atoms with E-state index in [4.69, 9.17) is 4.42 Å². The third-order valence-corrected chi connectivity index (χ3v) is 5.03. The molecule has 3 nitrogen and oxygen atoms in total. The molecule has 19 heavy (non-hydrogen) atoms. The largest absolute Gasteiger partial charge is 0.444 e. The van der Waals surface area contributed by atoms with Crippen LogP contribution in [0.2, 0.25) is 0 Å². The normalized spacial score (nSPS) is 31.1. The van der Waals surface area contributed by atoms with Crippen molar-refractivity contribution in [2.24, 2.45) is 11.8 Å². The van der Waals surface area contributed by atoms with E-state index in [-0.39, 0.29) is 0 Å². The van der Waals surface area contributed by atoms with Crippen LogP contribution in [0, 0.1) is 11.8 Å². The number of hydrogen-bond acceptors (Lipinski definition) is 3. The summed E-state index contributed by atoms with van der Waals surface area (Å²) < 4.78 is 5.66. The van der Waals surface area contributed by atoms with Crippen LogP contribution in [0.25, 0.3) is 0 Å². The molecule has 2 saturated carbocycles. The van der Waals surface area contributed by atoms with Gasteiger partial charge < -0.3 is 9.73 Å². The van der Waals surface area contributed by atoms with Crippen LogP contribution in [-0.2, 0) is 13.0 Å². The molecule has 0 spiro atoms. The summed E-state index contributed by atoms with van der Waals surface area (Å²) in [6.45, 7) is 2.89. The third-order valence-electron chi connectivity index (χ3n) is 5.03. The van der Waals surface area contributed by atoms with E-state index in [1.807, 2.05) is 6.20 Å². The van der Waals surface area contributed by atoms with Crippen LogP contribution < -0.4 is 5.32 Å². The van der Waals surface area contributed by atoms with Crippen molar-refractivity contribution in [1.29, 1.82) is 0 Å². The van der Waals surface area contributed by atoms with Gasteiger partial charge in [-0.2, -0.15) is 0 Å². The predicted octanol–water partition coefficient (Wildman–Crippen LogP) is 3.69. The molecule has 0 bridgehead atoms. The Morgan fingerprint density at radius 2 is 2.05 bits per heavy atom. The molecule has 0 saturated heterocycles. The zero-order valence-corrected chi connectivity index (χ0v) is 12.0. The zero-order chi connectivity index (χ0) is 13.1. The van der Waals surface area contributed by atoms with E-state index < -0.39 is 0 Å². The SMILES string of the molecule is CCc1cnc(CNC2CCC3CCCCC3C2)o1. The average molecular weight is 262 g/mol. The Balaban J connectivity index is 1.48. The fraction of sp³-hybridized carbons (Fsp3) is 0.812. The van der Waals surface area contributed by atoms with Crippen molar-refractivity contribution in [1.82, 2.24) is 10.3 Å². The Hall–Kier alpha value is -0.830. The lowest BCUT2D eigenvalue weighted by atomic mass is 9.69. The molecular formula is C16H26N2O. The minimum absolute atomic E-state index is 0.677. The molecule has 2 fully saturated rings. The van der Waals surface area contributed by atoms with Crippen LogP contribution in [0.3, 0.4) is 0 Å². The van der Waals surface area contributed by atoms with Crippen molar-refractivity contribution >= 4 is 0 Å². The predicted molar refractivity (Wildman–Crippen MR) is 75.8 cm³/mol. The first kappa shape index (κ1) is 13.2. The molecule has 3 unspecified atom stereocenters. The number of hydrogen-bond donors (Lipinski definition) is 1. The number of rotatable bonds is 4. The van der Waals surface area contributed by atoms with Crippen molar-refractivity contribution in [3.8, 4) is 0 Å². The highest BCUT2D eigenvalue weighted by Gasteiger charge is 2.31. The van der Waals surface area contributed by atoms with Crippen LogP contribution in [-0.4, -0.2) is 11.0 Å². The molecule has 1 aromatic heterocycles. The Labute approximate surface area is 116 Å². The number of nitrogens with one attached hydrogen (secondary N) is 1. The lowest BCUT2D eigenvalue weighted by Crippen LogP contribution is -2.38. The van der Waals surface area contributed by atoms with Gasteiger partial charge in [-0.25, -0.2) is 4.98 Å². The van der Waals surface area contributed by atoms with Gasteiger partial charge in [0.05, 0.1) is 12.7 Å². The van der Waals surface area contributed by atoms with E-state index >= 15 is 0 Å². The van der Waals surface area contributed by atoms with E-state index in [9.17, 15) is 0 Å². The lowest BCUT2D eigenvalue weighted by molar-refractivity contribution is 0.142. The molecule has 0 radical (unpaired) electrons. The van der Waals surface area contributed by atoms with Gasteiger partial charge in [-0.15, -0.1) is 0 Å². The summed E-state index contributed by atoms with van der Waals surface area (Å²) in [4.78, 5) is 4.32. The van der Waals surface area contributed by atoms with Gasteiger partial charge >= 0.3 is 0 Å². The summed E-state index contributed by atoms with van der Waals surface area (Å²) in [6, 6.07) is 0.677. The molecule has 3 atom stereocenters. The van der Waals surface area contributed by atoms with Gasteiger partial charge in [0.25, 0.3) is 0 Å². The van der Waals surface area contributed by atoms with Gasteiger partial charge in [-0.1, -0.05) is 32.6 Å². The van der Waals surface area contributed by atoms with Crippen LogP contribution in [0.4, 0.5) is 0 Å². The highest BCUT2D eigenvalue weighted by Crippen LogP contribution is 2.40. The second-order valence-electron chi connectivity index (χ2n) is 6.27. The first-order valence-electron chi connectivity index (χ1n) is 8.02. The Morgan fingerprint density at radius 3 is 2.84 bits per heavy atom. The fourth-order valence-corrected chi connectivity index (χ4v) is 3.88. The van der Waals surface area contributed by atoms with Crippen molar-refractivity contribution in [2.45, 2.75) is 70.9 Å². The van der Waals surface area contributed by atoms with Crippen molar-refractivity contribution in [3.63, 3.8) is 0 Å². The third kappa shape index (κ3) is 3.19. The topological polar surface area (TPSA) is 38.1 Å². The lowest BCUT2D eigenvalue weighted by Gasteiger charge is -2.39. The number of oxazole rings is 1. The number of aryl methyl sites for hydroxylation is 1. The molecule has 106 valence electrons. The molecule has 2 aliphatic rings. The second kappa shape index (κ2) is 6.08. The molecule has 0 amide bonds. The first-order valence-corrected chi connectivity index (χ1v) is 8.02. The summed E-state index contributed by atoms with van der Waals surface area (Å²) in [7, 11) is 0. The number of nitrogens with zero attached hydrogens (tertiary/aromatic N) is 1. The molecule has 2 aliphatic carbocycles. The van der Waals surface area contributed by atoms with Crippen molar-refractivity contribution < 1.29 is 4.42 Å². The molecule has 0 aromatic carbocycles. The van der Waals surface area contributed by atoms with E-state index in [2.05, 4.69) is 17.2 Å². The second-order valence-corrected chi connectivity index (χ2v) is 6.27. The summed E-state index contributed by atoms with van der Waals surface area (Å²) in [6.07, 6.45) is 12.8. The average Bonchev–Trinajstić information content (AvgIpc) is 2.93. The van der Waals surface area contributed by atoms with Crippen LogP contribution in [0.5, 0.6) is 0 Å². The van der Waals surface area contributed by atoms with E-state index in [0.717, 1.165) is 36.5 Å². The van der Waals surface area contributed by atoms with Gasteiger partial charge in [0.1, 0.15) is 5.76 Å². The van der Waals surface area contributed by atoms with Crippen molar-refractivity contribution in [3.05, 3.63) is 17.8 Å². The monoisotopic (exact) mass is 262 g/mol. The minimum atomic E-state index is 0.677. The van der Waals surface area contributed by atoms with Crippen molar-refractivity contribution in [2.75, 3.05) is 0 Å². The zero-order valence-electron chi connectivity index (χ0n) is 12.0. The van der Waals surface area contributed by atoms with Gasteiger partial charge in [0.15, 0.2) is 0 Å². The Bertz CT molecular complexity index is 401. The summed E-state index contributed by atoms with van der Waals surface area (Å²) in [5.74, 6) is 3.85. The van der Waals surface area contributed by atoms with Gasteiger partial charge in [0.2, 0.25) is 5.89 Å². The fourth-order valence-electron chi connectivity index (χ4n) is 3.88. The van der Waals surface area contributed by atoms with E-state index in [0.29, 0.717) is 6.04 Å².